The van der Waals surface area contributed by atoms with Crippen molar-refractivity contribution in [3.05, 3.63) is 0 Å². The fraction of sp³-hybridized carbons (Fsp3) is 0.786. The Balaban J connectivity index is 2.15. The molecule has 0 bridgehead atoms. The lowest BCUT2D eigenvalue weighted by atomic mass is 10.0. The molecule has 9 heteroatoms. The Morgan fingerprint density at radius 3 is 2.70 bits per heavy atom. The molecule has 1 heterocycles. The summed E-state index contributed by atoms with van der Waals surface area (Å²) in [5.74, 6) is -0.253. The minimum absolute atomic E-state index is 0.0443. The Kier molecular flexibility index (Phi) is 7.60. The zero-order valence-electron chi connectivity index (χ0n) is 14.0. The number of ether oxygens (including phenoxy) is 1. The van der Waals surface area contributed by atoms with Gasteiger partial charge in [-0.05, 0) is 45.3 Å². The van der Waals surface area contributed by atoms with Gasteiger partial charge in [-0.3, -0.25) is 10.1 Å². The van der Waals surface area contributed by atoms with Crippen molar-refractivity contribution in [2.45, 2.75) is 51.7 Å². The van der Waals surface area contributed by atoms with E-state index in [0.717, 1.165) is 25.8 Å². The second-order valence-corrected chi connectivity index (χ2v) is 6.23. The highest BCUT2D eigenvalue weighted by Gasteiger charge is 2.19. The molecule has 2 amide bonds. The molecular formula is C14H27N5O4. The number of guanidine groups is 1. The zero-order valence-corrected chi connectivity index (χ0v) is 14.0. The molecule has 0 aromatic heterocycles. The maximum absolute atomic E-state index is 11.8. The minimum Gasteiger partial charge on any atom is -0.444 e. The molecule has 1 unspecified atom stereocenters. The molecule has 0 aromatic carbocycles. The maximum atomic E-state index is 11.8. The van der Waals surface area contributed by atoms with Crippen LogP contribution in [0.4, 0.5) is 4.79 Å². The highest BCUT2D eigenvalue weighted by atomic mass is 16.6. The summed E-state index contributed by atoms with van der Waals surface area (Å²) in [6, 6.07) is -0.133. The van der Waals surface area contributed by atoms with Crippen molar-refractivity contribution in [3.63, 3.8) is 0 Å². The number of carbonyl (C=O) groups excluding carboxylic acids is 2. The van der Waals surface area contributed by atoms with Crippen LogP contribution in [-0.4, -0.2) is 49.3 Å². The monoisotopic (exact) mass is 329 g/mol. The first kappa shape index (κ1) is 19.0. The molecule has 0 spiro atoms. The number of oxime groups is 1. The predicted octanol–water partition coefficient (Wildman–Crippen LogP) is 0.0157. The van der Waals surface area contributed by atoms with E-state index >= 15 is 0 Å². The van der Waals surface area contributed by atoms with E-state index in [1.807, 2.05) is 0 Å². The summed E-state index contributed by atoms with van der Waals surface area (Å²) in [7, 11) is 0. The Labute approximate surface area is 136 Å². The molecule has 5 N–H and O–H groups in total. The predicted molar refractivity (Wildman–Crippen MR) is 85.6 cm³/mol. The normalized spacial score (nSPS) is 18.9. The number of hydrogen-bond acceptors (Lipinski definition) is 6. The van der Waals surface area contributed by atoms with Gasteiger partial charge < -0.3 is 25.9 Å². The number of nitrogens with two attached hydrogens (primary N) is 1. The molecule has 9 nitrogen and oxygen atoms in total. The van der Waals surface area contributed by atoms with Crippen LogP contribution in [0, 0.1) is 0 Å². The minimum atomic E-state index is -0.709. The van der Waals surface area contributed by atoms with Crippen molar-refractivity contribution in [1.82, 2.24) is 16.0 Å². The summed E-state index contributed by atoms with van der Waals surface area (Å²) in [5.41, 5.74) is 4.85. The van der Waals surface area contributed by atoms with Crippen LogP contribution in [0.1, 0.15) is 40.0 Å². The topological polar surface area (TPSA) is 127 Å². The fourth-order valence-corrected chi connectivity index (χ4v) is 1.96. The number of carbonyl (C=O) groups is 2. The Bertz CT molecular complexity index is 427. The van der Waals surface area contributed by atoms with Crippen LogP contribution in [-0.2, 0) is 14.4 Å². The first-order valence-corrected chi connectivity index (χ1v) is 7.74. The third-order valence-corrected chi connectivity index (χ3v) is 2.91. The largest absolute Gasteiger partial charge is 0.444 e. The molecule has 0 aliphatic carbocycles. The van der Waals surface area contributed by atoms with Crippen molar-refractivity contribution < 1.29 is 19.2 Å². The van der Waals surface area contributed by atoms with E-state index in [-0.39, 0.29) is 24.5 Å². The average molecular weight is 329 g/mol. The third-order valence-electron chi connectivity index (χ3n) is 2.91. The lowest BCUT2D eigenvalue weighted by Gasteiger charge is -2.22. The molecular weight excluding hydrogens is 302 g/mol. The summed E-state index contributed by atoms with van der Waals surface area (Å²) in [4.78, 5) is 28.1. The van der Waals surface area contributed by atoms with Gasteiger partial charge >= 0.3 is 6.09 Å². The fourth-order valence-electron chi connectivity index (χ4n) is 1.96. The Hall–Kier alpha value is -2.03. The summed E-state index contributed by atoms with van der Waals surface area (Å²) in [5, 5.41) is 11.7. The molecule has 1 atom stereocenters. The third kappa shape index (κ3) is 8.87. The summed E-state index contributed by atoms with van der Waals surface area (Å²) >= 11 is 0. The summed E-state index contributed by atoms with van der Waals surface area (Å²) < 4.78 is 5.00. The molecule has 1 aliphatic heterocycles. The van der Waals surface area contributed by atoms with Gasteiger partial charge in [0.15, 0.2) is 0 Å². The van der Waals surface area contributed by atoms with Crippen LogP contribution in [0.2, 0.25) is 0 Å². The highest BCUT2D eigenvalue weighted by molar-refractivity contribution is 5.92. The lowest BCUT2D eigenvalue weighted by Crippen LogP contribution is -2.47. The van der Waals surface area contributed by atoms with Crippen LogP contribution in [0.25, 0.3) is 0 Å². The van der Waals surface area contributed by atoms with Crippen molar-refractivity contribution in [1.29, 1.82) is 0 Å². The van der Waals surface area contributed by atoms with E-state index in [2.05, 4.69) is 21.1 Å². The van der Waals surface area contributed by atoms with Gasteiger partial charge in [0.2, 0.25) is 11.9 Å². The average Bonchev–Trinajstić information content (AvgIpc) is 2.45. The molecule has 1 saturated heterocycles. The number of nitrogens with zero attached hydrogens (tertiary/aromatic N) is 1. The highest BCUT2D eigenvalue weighted by Crippen LogP contribution is 2.07. The van der Waals surface area contributed by atoms with E-state index in [1.165, 1.54) is 0 Å². The van der Waals surface area contributed by atoms with Crippen molar-refractivity contribution in [2.75, 3.05) is 19.7 Å². The van der Waals surface area contributed by atoms with Gasteiger partial charge in [-0.1, -0.05) is 6.42 Å². The number of hydrogen-bond donors (Lipinski definition) is 4. The molecule has 0 radical (unpaired) electrons. The van der Waals surface area contributed by atoms with Gasteiger partial charge in [-0.25, -0.2) is 4.79 Å². The van der Waals surface area contributed by atoms with Gasteiger partial charge in [0.1, 0.15) is 12.2 Å². The van der Waals surface area contributed by atoms with Crippen molar-refractivity contribution in [3.8, 4) is 0 Å². The van der Waals surface area contributed by atoms with Gasteiger partial charge in [-0.2, -0.15) is 0 Å². The SMILES string of the molecule is CC(C)(C)OC(=O)N/C(N)=N\OCCNC(=O)C1CCCCN1. The van der Waals surface area contributed by atoms with Crippen LogP contribution in [0.5, 0.6) is 0 Å². The van der Waals surface area contributed by atoms with Crippen LogP contribution in [0.15, 0.2) is 5.16 Å². The van der Waals surface area contributed by atoms with E-state index in [4.69, 9.17) is 15.3 Å². The van der Waals surface area contributed by atoms with E-state index in [0.29, 0.717) is 6.54 Å². The smallest absolute Gasteiger partial charge is 0.414 e. The Morgan fingerprint density at radius 2 is 2.09 bits per heavy atom. The second kappa shape index (κ2) is 9.19. The van der Waals surface area contributed by atoms with Gasteiger partial charge in [-0.15, -0.1) is 0 Å². The summed E-state index contributed by atoms with van der Waals surface area (Å²) in [6.07, 6.45) is 2.29. The molecule has 1 fully saturated rings. The lowest BCUT2D eigenvalue weighted by molar-refractivity contribution is -0.123. The van der Waals surface area contributed by atoms with Crippen molar-refractivity contribution in [2.24, 2.45) is 10.9 Å². The standard InChI is InChI=1S/C14H27N5O4/c1-14(2,3)23-13(21)18-12(15)19-22-9-8-17-11(20)10-6-4-5-7-16-10/h10,16H,4-9H2,1-3H3,(H,17,20)(H3,15,18,19,21). The van der Waals surface area contributed by atoms with Crippen molar-refractivity contribution >= 4 is 18.0 Å². The number of rotatable bonds is 5. The number of amides is 2. The molecule has 132 valence electrons. The van der Waals surface area contributed by atoms with Gasteiger partial charge in [0, 0.05) is 0 Å². The quantitative estimate of drug-likeness (QED) is 0.244. The van der Waals surface area contributed by atoms with E-state index < -0.39 is 11.7 Å². The first-order valence-electron chi connectivity index (χ1n) is 7.74. The zero-order chi connectivity index (χ0) is 17.3. The summed E-state index contributed by atoms with van der Waals surface area (Å²) in [6.45, 7) is 6.53. The maximum Gasteiger partial charge on any atom is 0.414 e. The van der Waals surface area contributed by atoms with Crippen LogP contribution < -0.4 is 21.7 Å². The van der Waals surface area contributed by atoms with E-state index in [9.17, 15) is 9.59 Å². The molecule has 1 rings (SSSR count). The number of nitrogens with one attached hydrogen (secondary N) is 3. The number of alkyl carbamates (subject to hydrolysis) is 1. The number of piperidine rings is 1. The molecule has 23 heavy (non-hydrogen) atoms. The molecule has 0 aromatic rings. The first-order chi connectivity index (χ1) is 10.8. The van der Waals surface area contributed by atoms with Crippen LogP contribution in [0.3, 0.4) is 0 Å². The van der Waals surface area contributed by atoms with Gasteiger partial charge in [0.05, 0.1) is 12.6 Å². The molecule has 0 saturated carbocycles. The Morgan fingerprint density at radius 1 is 1.35 bits per heavy atom. The second-order valence-electron chi connectivity index (χ2n) is 6.23. The van der Waals surface area contributed by atoms with Gasteiger partial charge in [0.25, 0.3) is 0 Å². The van der Waals surface area contributed by atoms with E-state index in [1.54, 1.807) is 20.8 Å². The molecule has 1 aliphatic rings. The van der Waals surface area contributed by atoms with Crippen LogP contribution >= 0.6 is 0 Å².